The van der Waals surface area contributed by atoms with Crippen LogP contribution in [0.15, 0.2) is 34.9 Å². The van der Waals surface area contributed by atoms with Gasteiger partial charge in [-0.3, -0.25) is 4.90 Å². The minimum Gasteiger partial charge on any atom is -0.494 e. The molecule has 0 atom stereocenters. The predicted octanol–water partition coefficient (Wildman–Crippen LogP) is 5.87. The number of rotatable bonds is 8. The molecule has 236 valence electrons. The third-order valence-electron chi connectivity index (χ3n) is 8.47. The van der Waals surface area contributed by atoms with E-state index in [1.165, 1.54) is 11.3 Å². The monoisotopic (exact) mass is 684 g/mol. The summed E-state index contributed by atoms with van der Waals surface area (Å²) in [4.78, 5) is 14.5. The summed E-state index contributed by atoms with van der Waals surface area (Å²) in [6, 6.07) is 8.89. The Morgan fingerprint density at radius 2 is 1.80 bits per heavy atom. The molecule has 0 aliphatic carbocycles. The van der Waals surface area contributed by atoms with E-state index in [1.54, 1.807) is 13.3 Å². The van der Waals surface area contributed by atoms with Crippen molar-refractivity contribution in [3.05, 3.63) is 40.5 Å². The number of anilines is 5. The van der Waals surface area contributed by atoms with Crippen LogP contribution in [0.2, 0.25) is 0 Å². The van der Waals surface area contributed by atoms with Crippen LogP contribution >= 0.6 is 23.9 Å². The molecule has 2 fully saturated rings. The van der Waals surface area contributed by atoms with Crippen LogP contribution < -0.4 is 35.0 Å². The van der Waals surface area contributed by atoms with E-state index in [1.807, 2.05) is 12.1 Å². The van der Waals surface area contributed by atoms with Crippen molar-refractivity contribution in [3.8, 4) is 17.2 Å². The fraction of sp³-hybridized carbons (Fsp3) is 0.500. The zero-order valence-corrected chi connectivity index (χ0v) is 28.5. The zero-order valence-electron chi connectivity index (χ0n) is 26.0. The molecule has 0 radical (unpaired) electrons. The summed E-state index contributed by atoms with van der Waals surface area (Å²) in [5.41, 5.74) is 4.17. The normalized spacial score (nSPS) is 17.8. The average Bonchev–Trinajstić information content (AvgIpc) is 3.32. The summed E-state index contributed by atoms with van der Waals surface area (Å²) in [7, 11) is 1.23. The second-order valence-corrected chi connectivity index (χ2v) is 14.7. The van der Waals surface area contributed by atoms with Gasteiger partial charge in [-0.25, -0.2) is 4.98 Å². The van der Waals surface area contributed by atoms with Gasteiger partial charge in [0.05, 0.1) is 29.6 Å². The van der Waals surface area contributed by atoms with E-state index in [-0.39, 0.29) is 0 Å². The Bertz CT molecular complexity index is 1460. The molecule has 3 aromatic rings. The van der Waals surface area contributed by atoms with Gasteiger partial charge in [-0.15, -0.1) is 0 Å². The van der Waals surface area contributed by atoms with E-state index in [0.29, 0.717) is 31.0 Å². The van der Waals surface area contributed by atoms with Crippen molar-refractivity contribution in [2.24, 2.45) is 0 Å². The van der Waals surface area contributed by atoms with E-state index in [4.69, 9.17) is 23.9 Å². The highest BCUT2D eigenvalue weighted by atomic mass is 79.9. The van der Waals surface area contributed by atoms with Crippen LogP contribution in [0.3, 0.4) is 0 Å². The van der Waals surface area contributed by atoms with E-state index in [0.717, 1.165) is 97.1 Å². The number of fused-ring (bicyclic) bond motifs is 1. The molecule has 2 N–H and O–H groups in total. The van der Waals surface area contributed by atoms with Crippen molar-refractivity contribution >= 4 is 58.0 Å². The lowest BCUT2D eigenvalue weighted by atomic mass is 10.0. The Kier molecular flexibility index (Phi) is 9.95. The quantitative estimate of drug-likeness (QED) is 0.281. The molecule has 4 heterocycles. The van der Waals surface area contributed by atoms with Crippen LogP contribution in [0.25, 0.3) is 0 Å². The minimum absolute atomic E-state index is 0.470. The van der Waals surface area contributed by atoms with E-state index >= 15 is 0 Å². The van der Waals surface area contributed by atoms with Crippen molar-refractivity contribution in [2.45, 2.75) is 32.2 Å². The molecular formula is C32H42BrN6O4P. The van der Waals surface area contributed by atoms with Crippen molar-refractivity contribution in [2.75, 3.05) is 88.6 Å². The number of hydrogen-bond acceptors (Lipinski definition) is 10. The molecule has 6 rings (SSSR count). The van der Waals surface area contributed by atoms with Gasteiger partial charge in [0.2, 0.25) is 5.95 Å². The maximum Gasteiger partial charge on any atom is 0.229 e. The first kappa shape index (κ1) is 31.1. The van der Waals surface area contributed by atoms with Crippen molar-refractivity contribution < 1.29 is 18.9 Å². The SMILES string of the molecule is COc1cc(N2CCC(N3CCCOCC3)CC2)c(C)cc1Nc1ncc(Br)c(Nc2ccc3c(c2P(C)C)OCCO3)n1. The molecular weight excluding hydrogens is 643 g/mol. The van der Waals surface area contributed by atoms with Gasteiger partial charge in [-0.2, -0.15) is 4.98 Å². The van der Waals surface area contributed by atoms with Gasteiger partial charge >= 0.3 is 0 Å². The van der Waals surface area contributed by atoms with Gasteiger partial charge in [-0.1, -0.05) is 7.92 Å². The molecule has 12 heteroatoms. The van der Waals surface area contributed by atoms with Crippen molar-refractivity contribution in [1.82, 2.24) is 14.9 Å². The average molecular weight is 686 g/mol. The second-order valence-electron chi connectivity index (χ2n) is 11.6. The summed E-state index contributed by atoms with van der Waals surface area (Å²) in [6.07, 6.45) is 5.20. The van der Waals surface area contributed by atoms with Gasteiger partial charge in [-0.05, 0) is 79.2 Å². The minimum atomic E-state index is -0.481. The number of methoxy groups -OCH3 is 1. The number of ether oxygens (including phenoxy) is 4. The number of nitrogens with zero attached hydrogens (tertiary/aromatic N) is 4. The van der Waals surface area contributed by atoms with Gasteiger partial charge in [0.25, 0.3) is 0 Å². The molecule has 0 bridgehead atoms. The lowest BCUT2D eigenvalue weighted by Gasteiger charge is -2.39. The fourth-order valence-electron chi connectivity index (χ4n) is 6.30. The molecule has 0 saturated carbocycles. The highest BCUT2D eigenvalue weighted by molar-refractivity contribution is 9.10. The van der Waals surface area contributed by atoms with Gasteiger partial charge < -0.3 is 34.5 Å². The first-order chi connectivity index (χ1) is 21.4. The van der Waals surface area contributed by atoms with Gasteiger partial charge in [0.1, 0.15) is 24.8 Å². The Hall–Kier alpha value is -2.85. The molecule has 3 aliphatic heterocycles. The Labute approximate surface area is 269 Å². The number of aromatic nitrogens is 2. The van der Waals surface area contributed by atoms with Crippen LogP contribution in [0, 0.1) is 6.92 Å². The largest absolute Gasteiger partial charge is 0.494 e. The molecule has 0 unspecified atom stereocenters. The standard InChI is InChI=1S/C32H42BrN6O4P/c1-21-18-25(28(40-2)19-26(21)39-11-8-22(9-12-39)38-10-5-14-41-15-13-38)36-32-34-20-23(33)31(37-32)35-24-6-7-27-29(30(24)44(3)4)43-17-16-42-27/h6-7,18-20,22H,5,8-17H2,1-4H3,(H2,34,35,36,37). The van der Waals surface area contributed by atoms with E-state index in [2.05, 4.69) is 73.7 Å². The summed E-state index contributed by atoms with van der Waals surface area (Å²) in [5.74, 6) is 3.50. The zero-order chi connectivity index (χ0) is 30.6. The smallest absolute Gasteiger partial charge is 0.229 e. The maximum absolute atomic E-state index is 6.03. The molecule has 0 amide bonds. The molecule has 2 aromatic carbocycles. The topological polar surface area (TPSA) is 93.2 Å². The first-order valence-corrected chi connectivity index (χ1v) is 18.4. The van der Waals surface area contributed by atoms with Crippen LogP contribution in [0.1, 0.15) is 24.8 Å². The number of halogens is 1. The second kappa shape index (κ2) is 14.1. The molecule has 0 spiro atoms. The summed E-state index contributed by atoms with van der Waals surface area (Å²) in [6.45, 7) is 13.7. The predicted molar refractivity (Wildman–Crippen MR) is 182 cm³/mol. The number of piperidine rings is 1. The number of nitrogens with one attached hydrogen (secondary N) is 2. The van der Waals surface area contributed by atoms with Gasteiger partial charge in [0.15, 0.2) is 11.5 Å². The number of benzene rings is 2. The lowest BCUT2D eigenvalue weighted by molar-refractivity contribution is 0.125. The fourth-order valence-corrected chi connectivity index (χ4v) is 7.78. The molecule has 2 saturated heterocycles. The first-order valence-electron chi connectivity index (χ1n) is 15.3. The van der Waals surface area contributed by atoms with Gasteiger partial charge in [0, 0.05) is 62.1 Å². The molecule has 10 nitrogen and oxygen atoms in total. The number of hydrogen-bond donors (Lipinski definition) is 2. The van der Waals surface area contributed by atoms with Crippen molar-refractivity contribution in [3.63, 3.8) is 0 Å². The highest BCUT2D eigenvalue weighted by Gasteiger charge is 2.27. The molecule has 1 aromatic heterocycles. The van der Waals surface area contributed by atoms with Crippen molar-refractivity contribution in [1.29, 1.82) is 0 Å². The summed E-state index contributed by atoms with van der Waals surface area (Å²) in [5, 5.41) is 8.04. The van der Waals surface area contributed by atoms with Crippen LogP contribution in [-0.2, 0) is 4.74 Å². The summed E-state index contributed by atoms with van der Waals surface area (Å²) >= 11 is 3.63. The third-order valence-corrected chi connectivity index (χ3v) is 10.4. The Balaban J connectivity index is 1.18. The van der Waals surface area contributed by atoms with Crippen LogP contribution in [0.4, 0.5) is 28.8 Å². The Morgan fingerprint density at radius 3 is 2.59 bits per heavy atom. The van der Waals surface area contributed by atoms with E-state index in [9.17, 15) is 0 Å². The number of aryl methyl sites for hydroxylation is 1. The van der Waals surface area contributed by atoms with Crippen LogP contribution in [-0.4, -0.2) is 94.0 Å². The van der Waals surface area contributed by atoms with E-state index < -0.39 is 7.92 Å². The summed E-state index contributed by atoms with van der Waals surface area (Å²) < 4.78 is 24.2. The highest BCUT2D eigenvalue weighted by Crippen LogP contribution is 2.42. The van der Waals surface area contributed by atoms with Crippen LogP contribution in [0.5, 0.6) is 17.2 Å². The Morgan fingerprint density at radius 1 is 0.977 bits per heavy atom. The lowest BCUT2D eigenvalue weighted by Crippen LogP contribution is -2.46. The maximum atomic E-state index is 6.03. The third kappa shape index (κ3) is 6.86. The molecule has 44 heavy (non-hydrogen) atoms. The molecule has 3 aliphatic rings.